The Morgan fingerprint density at radius 2 is 2.21 bits per heavy atom. The average Bonchev–Trinajstić information content (AvgIpc) is 2.29. The van der Waals surface area contributed by atoms with E-state index in [9.17, 15) is 9.18 Å². The van der Waals surface area contributed by atoms with E-state index in [1.54, 1.807) is 0 Å². The molecule has 1 amide bonds. The van der Waals surface area contributed by atoms with Crippen molar-refractivity contribution in [2.45, 2.75) is 6.92 Å². The number of hydrogen-bond acceptors (Lipinski definition) is 3. The first kappa shape index (κ1) is 15.7. The number of amides is 1. The smallest absolute Gasteiger partial charge is 0.227 e. The molecule has 0 saturated carbocycles. The first-order valence-electron chi connectivity index (χ1n) is 5.97. The summed E-state index contributed by atoms with van der Waals surface area (Å²) in [6.45, 7) is 3.64. The van der Waals surface area contributed by atoms with Crippen LogP contribution in [0.4, 0.5) is 10.1 Å². The molecule has 0 aliphatic carbocycles. The van der Waals surface area contributed by atoms with Gasteiger partial charge in [-0.3, -0.25) is 4.79 Å². The van der Waals surface area contributed by atoms with Crippen molar-refractivity contribution in [2.24, 2.45) is 11.8 Å². The van der Waals surface area contributed by atoms with Crippen LogP contribution in [0.3, 0.4) is 0 Å². The summed E-state index contributed by atoms with van der Waals surface area (Å²) in [7, 11) is 1.45. The topological polar surface area (TPSA) is 50.4 Å². The van der Waals surface area contributed by atoms with Gasteiger partial charge in [-0.2, -0.15) is 0 Å². The Morgan fingerprint density at radius 3 is 2.74 bits per heavy atom. The maximum absolute atomic E-state index is 13.0. The highest BCUT2D eigenvalue weighted by Gasteiger charge is 2.29. The van der Waals surface area contributed by atoms with Gasteiger partial charge in [0, 0.05) is 12.0 Å². The van der Waals surface area contributed by atoms with E-state index in [0.29, 0.717) is 17.4 Å². The number of anilines is 1. The molecule has 2 N–H and O–H groups in total. The van der Waals surface area contributed by atoms with Gasteiger partial charge < -0.3 is 15.4 Å². The Labute approximate surface area is 118 Å². The van der Waals surface area contributed by atoms with E-state index in [2.05, 4.69) is 10.6 Å². The van der Waals surface area contributed by atoms with E-state index in [1.807, 2.05) is 6.92 Å². The van der Waals surface area contributed by atoms with Gasteiger partial charge in [0.25, 0.3) is 0 Å². The van der Waals surface area contributed by atoms with Gasteiger partial charge in [0.2, 0.25) is 5.91 Å². The molecule has 0 bridgehead atoms. The van der Waals surface area contributed by atoms with E-state index in [0.717, 1.165) is 13.1 Å². The number of carbonyl (C=O) groups excluding carboxylic acids is 1. The molecule has 2 rings (SSSR count). The van der Waals surface area contributed by atoms with Crippen LogP contribution < -0.4 is 15.4 Å². The van der Waals surface area contributed by atoms with Gasteiger partial charge >= 0.3 is 0 Å². The minimum absolute atomic E-state index is 0. The third kappa shape index (κ3) is 3.58. The number of carbonyl (C=O) groups is 1. The molecule has 1 saturated heterocycles. The molecule has 1 fully saturated rings. The summed E-state index contributed by atoms with van der Waals surface area (Å²) >= 11 is 0. The normalized spacial score (nSPS) is 15.9. The van der Waals surface area contributed by atoms with Gasteiger partial charge in [-0.25, -0.2) is 4.39 Å². The molecule has 1 unspecified atom stereocenters. The standard InChI is InChI=1S/C13H17FN2O2.ClH/c1-8(9-6-15-7-9)13(17)16-11-4-3-10(14)5-12(11)18-2;/h3-5,8-9,15H,6-7H2,1-2H3,(H,16,17);1H. The van der Waals surface area contributed by atoms with Crippen LogP contribution in [0.1, 0.15) is 6.92 Å². The molecule has 6 heteroatoms. The summed E-state index contributed by atoms with van der Waals surface area (Å²) in [5, 5.41) is 5.92. The Kier molecular flexibility index (Phi) is 5.57. The lowest BCUT2D eigenvalue weighted by Crippen LogP contribution is -2.48. The number of ether oxygens (including phenoxy) is 1. The van der Waals surface area contributed by atoms with Crippen LogP contribution in [0, 0.1) is 17.7 Å². The van der Waals surface area contributed by atoms with Crippen molar-refractivity contribution in [3.8, 4) is 5.75 Å². The quantitative estimate of drug-likeness (QED) is 0.891. The summed E-state index contributed by atoms with van der Waals surface area (Å²) in [4.78, 5) is 12.0. The minimum atomic E-state index is -0.388. The fourth-order valence-corrected chi connectivity index (χ4v) is 1.89. The molecule has 4 nitrogen and oxygen atoms in total. The van der Waals surface area contributed by atoms with E-state index in [4.69, 9.17) is 4.74 Å². The Hall–Kier alpha value is -1.33. The Bertz CT molecular complexity index is 452. The third-order valence-electron chi connectivity index (χ3n) is 3.36. The number of halogens is 2. The van der Waals surface area contributed by atoms with E-state index in [1.165, 1.54) is 25.3 Å². The lowest BCUT2D eigenvalue weighted by Gasteiger charge is -2.31. The van der Waals surface area contributed by atoms with Crippen LogP contribution >= 0.6 is 12.4 Å². The highest BCUT2D eigenvalue weighted by molar-refractivity contribution is 5.94. The molecule has 1 aromatic rings. The predicted molar refractivity (Wildman–Crippen MR) is 74.4 cm³/mol. The second kappa shape index (κ2) is 6.73. The Morgan fingerprint density at radius 1 is 1.53 bits per heavy atom. The Balaban J connectivity index is 0.00000180. The van der Waals surface area contributed by atoms with Crippen molar-refractivity contribution >= 4 is 24.0 Å². The van der Waals surface area contributed by atoms with E-state index >= 15 is 0 Å². The average molecular weight is 289 g/mol. The molecular formula is C13H18ClFN2O2. The van der Waals surface area contributed by atoms with Crippen molar-refractivity contribution < 1.29 is 13.9 Å². The number of nitrogens with one attached hydrogen (secondary N) is 2. The van der Waals surface area contributed by atoms with Crippen molar-refractivity contribution in [3.05, 3.63) is 24.0 Å². The van der Waals surface area contributed by atoms with Crippen molar-refractivity contribution in [2.75, 3.05) is 25.5 Å². The van der Waals surface area contributed by atoms with Crippen LogP contribution in [0.5, 0.6) is 5.75 Å². The molecule has 1 aliphatic heterocycles. The fourth-order valence-electron chi connectivity index (χ4n) is 1.89. The molecule has 0 aromatic heterocycles. The highest BCUT2D eigenvalue weighted by Crippen LogP contribution is 2.26. The zero-order chi connectivity index (χ0) is 13.1. The van der Waals surface area contributed by atoms with Crippen LogP contribution in [0.2, 0.25) is 0 Å². The lowest BCUT2D eigenvalue weighted by molar-refractivity contribution is -0.121. The number of rotatable bonds is 4. The second-order valence-corrected chi connectivity index (χ2v) is 4.54. The van der Waals surface area contributed by atoms with Gasteiger partial charge in [0.05, 0.1) is 12.8 Å². The molecule has 106 valence electrons. The zero-order valence-electron chi connectivity index (χ0n) is 10.9. The van der Waals surface area contributed by atoms with E-state index in [-0.39, 0.29) is 30.0 Å². The monoisotopic (exact) mass is 288 g/mol. The van der Waals surface area contributed by atoms with Crippen molar-refractivity contribution in [1.29, 1.82) is 0 Å². The molecule has 1 heterocycles. The second-order valence-electron chi connectivity index (χ2n) is 4.54. The lowest BCUT2D eigenvalue weighted by atomic mass is 9.88. The molecule has 1 aromatic carbocycles. The van der Waals surface area contributed by atoms with Crippen LogP contribution in [-0.4, -0.2) is 26.1 Å². The maximum atomic E-state index is 13.0. The molecular weight excluding hydrogens is 271 g/mol. The minimum Gasteiger partial charge on any atom is -0.494 e. The number of hydrogen-bond donors (Lipinski definition) is 2. The van der Waals surface area contributed by atoms with E-state index < -0.39 is 0 Å². The van der Waals surface area contributed by atoms with Crippen LogP contribution in [0.15, 0.2) is 18.2 Å². The third-order valence-corrected chi connectivity index (χ3v) is 3.36. The number of benzene rings is 1. The SMILES string of the molecule is COc1cc(F)ccc1NC(=O)C(C)C1CNC1.Cl. The summed E-state index contributed by atoms with van der Waals surface area (Å²) in [5.74, 6) is 0.187. The van der Waals surface area contributed by atoms with Crippen molar-refractivity contribution in [3.63, 3.8) is 0 Å². The summed E-state index contributed by atoms with van der Waals surface area (Å²) < 4.78 is 18.1. The maximum Gasteiger partial charge on any atom is 0.227 e. The zero-order valence-corrected chi connectivity index (χ0v) is 11.7. The first-order chi connectivity index (χ1) is 8.61. The van der Waals surface area contributed by atoms with Crippen LogP contribution in [-0.2, 0) is 4.79 Å². The van der Waals surface area contributed by atoms with Gasteiger partial charge in [0.15, 0.2) is 0 Å². The van der Waals surface area contributed by atoms with Gasteiger partial charge in [-0.15, -0.1) is 12.4 Å². The molecule has 1 atom stereocenters. The van der Waals surface area contributed by atoms with Gasteiger partial charge in [0.1, 0.15) is 11.6 Å². The summed E-state index contributed by atoms with van der Waals surface area (Å²) in [6, 6.07) is 4.07. The van der Waals surface area contributed by atoms with Gasteiger partial charge in [-0.05, 0) is 31.1 Å². The first-order valence-corrected chi connectivity index (χ1v) is 5.97. The molecule has 0 radical (unpaired) electrons. The largest absolute Gasteiger partial charge is 0.494 e. The molecule has 1 aliphatic rings. The van der Waals surface area contributed by atoms with Crippen molar-refractivity contribution in [1.82, 2.24) is 5.32 Å². The van der Waals surface area contributed by atoms with Gasteiger partial charge in [-0.1, -0.05) is 6.92 Å². The molecule has 0 spiro atoms. The molecule has 19 heavy (non-hydrogen) atoms. The fraction of sp³-hybridized carbons (Fsp3) is 0.462. The summed E-state index contributed by atoms with van der Waals surface area (Å²) in [6.07, 6.45) is 0. The van der Waals surface area contributed by atoms with Crippen LogP contribution in [0.25, 0.3) is 0 Å². The predicted octanol–water partition coefficient (Wildman–Crippen LogP) is 2.05. The number of methoxy groups -OCH3 is 1. The highest BCUT2D eigenvalue weighted by atomic mass is 35.5. The summed E-state index contributed by atoms with van der Waals surface area (Å²) in [5.41, 5.74) is 0.503.